The van der Waals surface area contributed by atoms with Crippen LogP contribution in [0.15, 0.2) is 30.3 Å². The van der Waals surface area contributed by atoms with Gasteiger partial charge in [0, 0.05) is 37.7 Å². The highest BCUT2D eigenvalue weighted by Gasteiger charge is 2.23. The molecule has 26 heavy (non-hydrogen) atoms. The van der Waals surface area contributed by atoms with Crippen LogP contribution in [0.1, 0.15) is 23.2 Å². The lowest BCUT2D eigenvalue weighted by atomic mass is 10.1. The molecule has 4 nitrogen and oxygen atoms in total. The Morgan fingerprint density at radius 3 is 2.38 bits per heavy atom. The number of rotatable bonds is 4. The Balaban J connectivity index is 1.65. The number of primary amides is 1. The summed E-state index contributed by atoms with van der Waals surface area (Å²) in [7, 11) is 0. The number of carbonyl (C=O) groups is 1. The molecule has 0 aromatic heterocycles. The summed E-state index contributed by atoms with van der Waals surface area (Å²) in [6.07, 6.45) is 1.14. The van der Waals surface area contributed by atoms with E-state index in [0.717, 1.165) is 11.8 Å². The Hall–Kier alpha value is -2.05. The van der Waals surface area contributed by atoms with Crippen molar-refractivity contribution in [2.75, 3.05) is 18.0 Å². The van der Waals surface area contributed by atoms with Gasteiger partial charge in [0.15, 0.2) is 0 Å². The van der Waals surface area contributed by atoms with Gasteiger partial charge in [0.2, 0.25) is 0 Å². The standard InChI is InChI=1S/C18H16Cl2F2N2O2/c19-13-2-1-10(7-16(13)22)24-5-3-11(4-6-24)26-17-9-15(21)12(18(23)25)8-14(17)20/h1-2,7-9,11H,3-6H2,(H2,23,25). The first kappa shape index (κ1) is 18.7. The minimum Gasteiger partial charge on any atom is -0.489 e. The van der Waals surface area contributed by atoms with E-state index in [1.165, 1.54) is 18.2 Å². The molecule has 8 heteroatoms. The smallest absolute Gasteiger partial charge is 0.251 e. The number of carbonyl (C=O) groups excluding carboxylic acids is 1. The van der Waals surface area contributed by atoms with Crippen LogP contribution in [0.25, 0.3) is 0 Å². The fourth-order valence-corrected chi connectivity index (χ4v) is 3.23. The van der Waals surface area contributed by atoms with Gasteiger partial charge in [0.05, 0.1) is 15.6 Å². The SMILES string of the molecule is NC(=O)c1cc(Cl)c(OC2CCN(c3ccc(Cl)c(F)c3)CC2)cc1F. The molecule has 138 valence electrons. The first-order chi connectivity index (χ1) is 12.3. The minimum absolute atomic E-state index is 0.0862. The van der Waals surface area contributed by atoms with Crippen molar-refractivity contribution >= 4 is 34.8 Å². The number of halogens is 4. The molecule has 1 aliphatic rings. The number of hydrogen-bond acceptors (Lipinski definition) is 3. The Kier molecular flexibility index (Phi) is 5.53. The average molecular weight is 401 g/mol. The second kappa shape index (κ2) is 7.68. The van der Waals surface area contributed by atoms with Gasteiger partial charge in [-0.1, -0.05) is 23.2 Å². The van der Waals surface area contributed by atoms with E-state index in [1.54, 1.807) is 6.07 Å². The Labute approximate surface area is 159 Å². The third-order valence-corrected chi connectivity index (χ3v) is 4.89. The van der Waals surface area contributed by atoms with Gasteiger partial charge in [-0.15, -0.1) is 0 Å². The minimum atomic E-state index is -0.889. The zero-order chi connectivity index (χ0) is 18.8. The normalized spacial score (nSPS) is 15.2. The van der Waals surface area contributed by atoms with Gasteiger partial charge in [-0.3, -0.25) is 4.79 Å². The van der Waals surface area contributed by atoms with E-state index in [4.69, 9.17) is 33.7 Å². The van der Waals surface area contributed by atoms with Crippen LogP contribution in [0.2, 0.25) is 10.0 Å². The van der Waals surface area contributed by atoms with Crippen molar-refractivity contribution in [2.45, 2.75) is 18.9 Å². The van der Waals surface area contributed by atoms with Gasteiger partial charge in [-0.25, -0.2) is 8.78 Å². The number of nitrogens with zero attached hydrogens (tertiary/aromatic N) is 1. The summed E-state index contributed by atoms with van der Waals surface area (Å²) in [4.78, 5) is 13.2. The Morgan fingerprint density at radius 2 is 1.77 bits per heavy atom. The van der Waals surface area contributed by atoms with Crippen LogP contribution in [0.3, 0.4) is 0 Å². The quantitative estimate of drug-likeness (QED) is 0.826. The number of benzene rings is 2. The maximum Gasteiger partial charge on any atom is 0.251 e. The summed E-state index contributed by atoms with van der Waals surface area (Å²) in [5, 5.41) is 0.213. The van der Waals surface area contributed by atoms with E-state index in [9.17, 15) is 13.6 Å². The zero-order valence-electron chi connectivity index (χ0n) is 13.6. The van der Waals surface area contributed by atoms with Crippen molar-refractivity contribution in [3.8, 4) is 5.75 Å². The maximum absolute atomic E-state index is 13.9. The fourth-order valence-electron chi connectivity index (χ4n) is 2.90. The van der Waals surface area contributed by atoms with E-state index in [2.05, 4.69) is 0 Å². The molecule has 2 aromatic carbocycles. The summed E-state index contributed by atoms with van der Waals surface area (Å²) in [5.74, 6) is -1.95. The molecule has 1 fully saturated rings. The summed E-state index contributed by atoms with van der Waals surface area (Å²) >= 11 is 11.8. The summed E-state index contributed by atoms with van der Waals surface area (Å²) in [5.41, 5.74) is 5.56. The number of hydrogen-bond donors (Lipinski definition) is 1. The second-order valence-electron chi connectivity index (χ2n) is 6.03. The van der Waals surface area contributed by atoms with Crippen molar-refractivity contribution in [2.24, 2.45) is 5.73 Å². The summed E-state index contributed by atoms with van der Waals surface area (Å²) in [6, 6.07) is 6.93. The first-order valence-electron chi connectivity index (χ1n) is 8.00. The summed E-state index contributed by atoms with van der Waals surface area (Å²) in [6.45, 7) is 1.29. The predicted molar refractivity (Wildman–Crippen MR) is 97.2 cm³/mol. The number of ether oxygens (including phenoxy) is 1. The molecular formula is C18H16Cl2F2N2O2. The van der Waals surface area contributed by atoms with Crippen LogP contribution in [-0.4, -0.2) is 25.1 Å². The largest absolute Gasteiger partial charge is 0.489 e. The number of nitrogens with two attached hydrogens (primary N) is 1. The topological polar surface area (TPSA) is 55.6 Å². The van der Waals surface area contributed by atoms with Crippen molar-refractivity contribution in [3.05, 3.63) is 57.6 Å². The van der Waals surface area contributed by atoms with Crippen LogP contribution in [0, 0.1) is 11.6 Å². The highest BCUT2D eigenvalue weighted by atomic mass is 35.5. The summed E-state index contributed by atoms with van der Waals surface area (Å²) < 4.78 is 33.3. The number of anilines is 1. The lowest BCUT2D eigenvalue weighted by molar-refractivity contribution is 0.0996. The molecule has 0 bridgehead atoms. The van der Waals surface area contributed by atoms with Crippen molar-refractivity contribution in [1.29, 1.82) is 0 Å². The molecule has 1 amide bonds. The van der Waals surface area contributed by atoms with Gasteiger partial charge in [-0.2, -0.15) is 0 Å². The van der Waals surface area contributed by atoms with E-state index in [-0.39, 0.29) is 27.5 Å². The van der Waals surface area contributed by atoms with Crippen molar-refractivity contribution in [1.82, 2.24) is 0 Å². The molecule has 0 spiro atoms. The first-order valence-corrected chi connectivity index (χ1v) is 8.76. The van der Waals surface area contributed by atoms with Gasteiger partial charge < -0.3 is 15.4 Å². The lowest BCUT2D eigenvalue weighted by Gasteiger charge is -2.34. The molecule has 2 N–H and O–H groups in total. The van der Waals surface area contributed by atoms with Crippen molar-refractivity contribution in [3.63, 3.8) is 0 Å². The van der Waals surface area contributed by atoms with E-state index < -0.39 is 17.5 Å². The molecule has 0 aliphatic carbocycles. The van der Waals surface area contributed by atoms with E-state index in [0.29, 0.717) is 25.9 Å². The zero-order valence-corrected chi connectivity index (χ0v) is 15.2. The van der Waals surface area contributed by atoms with Crippen molar-refractivity contribution < 1.29 is 18.3 Å². The fraction of sp³-hybridized carbons (Fsp3) is 0.278. The van der Waals surface area contributed by atoms with Gasteiger partial charge in [-0.05, 0) is 24.3 Å². The third-order valence-electron chi connectivity index (χ3n) is 4.29. The van der Waals surface area contributed by atoms with Crippen LogP contribution in [-0.2, 0) is 0 Å². The molecule has 3 rings (SSSR count). The van der Waals surface area contributed by atoms with E-state index in [1.807, 2.05) is 4.90 Å². The Morgan fingerprint density at radius 1 is 1.08 bits per heavy atom. The molecule has 0 saturated carbocycles. The highest BCUT2D eigenvalue weighted by Crippen LogP contribution is 2.31. The molecule has 1 aliphatic heterocycles. The highest BCUT2D eigenvalue weighted by molar-refractivity contribution is 6.32. The molecule has 0 atom stereocenters. The number of amides is 1. The van der Waals surface area contributed by atoms with Crippen LogP contribution in [0.4, 0.5) is 14.5 Å². The molecule has 0 radical (unpaired) electrons. The number of piperidine rings is 1. The molecule has 0 unspecified atom stereocenters. The monoisotopic (exact) mass is 400 g/mol. The van der Waals surface area contributed by atoms with Crippen LogP contribution in [0.5, 0.6) is 5.75 Å². The molecular weight excluding hydrogens is 385 g/mol. The average Bonchev–Trinajstić information content (AvgIpc) is 2.60. The third kappa shape index (κ3) is 4.02. The van der Waals surface area contributed by atoms with Gasteiger partial charge >= 0.3 is 0 Å². The molecule has 1 heterocycles. The van der Waals surface area contributed by atoms with Crippen LogP contribution < -0.4 is 15.4 Å². The van der Waals surface area contributed by atoms with Gasteiger partial charge in [0.25, 0.3) is 5.91 Å². The van der Waals surface area contributed by atoms with E-state index >= 15 is 0 Å². The maximum atomic E-state index is 13.9. The van der Waals surface area contributed by atoms with Crippen LogP contribution >= 0.6 is 23.2 Å². The molecule has 2 aromatic rings. The van der Waals surface area contributed by atoms with Gasteiger partial charge in [0.1, 0.15) is 23.5 Å². The second-order valence-corrected chi connectivity index (χ2v) is 6.84. The molecule has 1 saturated heterocycles. The Bertz CT molecular complexity index is 840. The predicted octanol–water partition coefficient (Wildman–Crippen LogP) is 4.42. The lowest BCUT2D eigenvalue weighted by Crippen LogP contribution is -2.38.